The second kappa shape index (κ2) is 9.78. The molecule has 3 aliphatic carbocycles. The van der Waals surface area contributed by atoms with Crippen LogP contribution in [-0.2, 0) is 0 Å². The average Bonchev–Trinajstić information content (AvgIpc) is 3.63. The van der Waals surface area contributed by atoms with Crippen molar-refractivity contribution in [1.82, 2.24) is 0 Å². The van der Waals surface area contributed by atoms with Crippen LogP contribution >= 0.6 is 0 Å². The quantitative estimate of drug-likeness (QED) is 0.361. The van der Waals surface area contributed by atoms with Gasteiger partial charge in [0, 0.05) is 22.3 Å². The first-order valence-electron chi connectivity index (χ1n) is 10.7. The minimum absolute atomic E-state index is 0.207. The lowest BCUT2D eigenvalue weighted by molar-refractivity contribution is 1.30. The van der Waals surface area contributed by atoms with Gasteiger partial charge in [-0.15, -0.1) is 0 Å². The van der Waals surface area contributed by atoms with Gasteiger partial charge >= 0.3 is 5.82 Å². The fraction of sp³-hybridized carbons (Fsp3) is 0. The SMILES string of the molecule is [C-]#[N+]C([N+]#[C-])=C1C([N+]#[C-])=c2c(c3c(c4c2=C([N+]#[C-])/C(=C(/C#N)[N+]#[C-])C=4C#N)=C(C#N)/C(=C(\C#N)[N+]#[C-])C=3[N+]#[C-])=C1[N+]#[C-]. The second-order valence-electron chi connectivity index (χ2n) is 7.88. The van der Waals surface area contributed by atoms with Crippen molar-refractivity contribution in [1.29, 1.82) is 21.0 Å². The summed E-state index contributed by atoms with van der Waals surface area (Å²) in [6.07, 6.45) is 0. The first-order valence-corrected chi connectivity index (χ1v) is 10.7. The van der Waals surface area contributed by atoms with Crippen LogP contribution in [0.15, 0.2) is 33.9 Å². The summed E-state index contributed by atoms with van der Waals surface area (Å²) in [6.45, 7) is 61.7. The van der Waals surface area contributed by atoms with E-state index in [1.54, 1.807) is 12.1 Å². The van der Waals surface area contributed by atoms with Crippen molar-refractivity contribution in [2.75, 3.05) is 0 Å². The van der Waals surface area contributed by atoms with Crippen LogP contribution in [0, 0.1) is 97.9 Å². The molecular weight excluding hydrogens is 528 g/mol. The Balaban J connectivity index is 2.91. The maximum absolute atomic E-state index is 10.3. The van der Waals surface area contributed by atoms with Crippen molar-refractivity contribution in [2.45, 2.75) is 0 Å². The van der Waals surface area contributed by atoms with Crippen molar-refractivity contribution < 1.29 is 0 Å². The van der Waals surface area contributed by atoms with Gasteiger partial charge in [-0.2, -0.15) is 20.2 Å². The minimum Gasteiger partial charge on any atom is -0.239 e. The number of nitrogens with zero attached hydrogens (tertiary/aromatic N) is 12. The Labute approximate surface area is 235 Å². The smallest absolute Gasteiger partial charge is 0.239 e. The summed E-state index contributed by atoms with van der Waals surface area (Å²) < 4.78 is 0. The highest BCUT2D eigenvalue weighted by molar-refractivity contribution is 6.05. The van der Waals surface area contributed by atoms with E-state index in [-0.39, 0.29) is 31.3 Å². The summed E-state index contributed by atoms with van der Waals surface area (Å²) in [5.41, 5.74) is -5.06. The molecule has 0 saturated heterocycles. The van der Waals surface area contributed by atoms with E-state index in [4.69, 9.17) is 52.6 Å². The van der Waals surface area contributed by atoms with Gasteiger partial charge in [0.1, 0.15) is 13.1 Å². The van der Waals surface area contributed by atoms with E-state index in [0.717, 1.165) is 0 Å². The Kier molecular flexibility index (Phi) is 6.19. The number of fused-ring (bicyclic) bond motifs is 6. The Morgan fingerprint density at radius 3 is 0.976 bits per heavy atom. The van der Waals surface area contributed by atoms with Crippen molar-refractivity contribution >= 4 is 33.9 Å². The molecule has 0 amide bonds. The van der Waals surface area contributed by atoms with Crippen LogP contribution in [0.2, 0.25) is 0 Å². The van der Waals surface area contributed by atoms with E-state index < -0.39 is 67.9 Å². The molecule has 3 aliphatic rings. The molecule has 42 heavy (non-hydrogen) atoms. The second-order valence-corrected chi connectivity index (χ2v) is 7.88. The molecule has 0 atom stereocenters. The number of rotatable bonds is 0. The topological polar surface area (TPSA) is 130 Å². The summed E-state index contributed by atoms with van der Waals surface area (Å²) >= 11 is 0. The lowest BCUT2D eigenvalue weighted by atomic mass is 10.0. The number of allylic oxidation sites excluding steroid dienone is 2. The molecule has 12 nitrogen and oxygen atoms in total. The molecule has 4 rings (SSSR count). The fourth-order valence-corrected chi connectivity index (χ4v) is 5.05. The van der Waals surface area contributed by atoms with E-state index in [2.05, 4.69) is 38.8 Å². The Morgan fingerprint density at radius 2 is 0.738 bits per heavy atom. The van der Waals surface area contributed by atoms with E-state index >= 15 is 0 Å². The van der Waals surface area contributed by atoms with Gasteiger partial charge in [-0.25, -0.2) is 39.6 Å². The van der Waals surface area contributed by atoms with Crippen LogP contribution in [0.25, 0.3) is 72.7 Å². The zero-order valence-electron chi connectivity index (χ0n) is 20.4. The van der Waals surface area contributed by atoms with Gasteiger partial charge in [0.2, 0.25) is 0 Å². The molecule has 180 valence electrons. The third-order valence-electron chi connectivity index (χ3n) is 6.41. The zero-order valence-corrected chi connectivity index (χ0v) is 20.4. The third-order valence-corrected chi connectivity index (χ3v) is 6.41. The minimum atomic E-state index is -0.673. The summed E-state index contributed by atoms with van der Waals surface area (Å²) in [6, 6.07) is 6.98. The first-order chi connectivity index (χ1) is 20.4. The average molecular weight is 528 g/mol. The van der Waals surface area contributed by atoms with Gasteiger partial charge in [0.15, 0.2) is 22.8 Å². The number of hydrogen-bond donors (Lipinski definition) is 0. The lowest BCUT2D eigenvalue weighted by Gasteiger charge is -1.99. The zero-order chi connectivity index (χ0) is 30.9. The predicted octanol–water partition coefficient (Wildman–Crippen LogP) is 0.630. The van der Waals surface area contributed by atoms with Crippen LogP contribution < -0.4 is 31.3 Å². The molecule has 0 heterocycles. The maximum atomic E-state index is 10.3. The summed E-state index contributed by atoms with van der Waals surface area (Å²) in [4.78, 5) is 26.4. The molecular formula is C30N12. The first kappa shape index (κ1) is 26.6. The van der Waals surface area contributed by atoms with Gasteiger partial charge in [-0.1, -0.05) is 0 Å². The van der Waals surface area contributed by atoms with E-state index in [9.17, 15) is 21.0 Å². The standard InChI is InChI=1S/C30N12/c1-35-15(11-33)17-13(9-31)19-20-14(10-32)18(16(12-34)36-2)27(38-4)22(20)24-23(21(19)26(17)37-3)28(39-5)25(29(24)40-6)30(41-7)42-8/b17-15-,18-16-. The highest BCUT2D eigenvalue weighted by Crippen LogP contribution is 2.32. The molecule has 0 unspecified atom stereocenters. The lowest BCUT2D eigenvalue weighted by Crippen LogP contribution is -2.65. The van der Waals surface area contributed by atoms with E-state index in [1.165, 1.54) is 0 Å². The van der Waals surface area contributed by atoms with Crippen molar-refractivity contribution in [3.63, 3.8) is 0 Å². The monoisotopic (exact) mass is 528 g/mol. The maximum Gasteiger partial charge on any atom is 0.506 e. The number of nitriles is 4. The summed E-state index contributed by atoms with van der Waals surface area (Å²) in [5.74, 6) is -0.673. The van der Waals surface area contributed by atoms with Crippen molar-refractivity contribution in [3.8, 4) is 24.3 Å². The highest BCUT2D eigenvalue weighted by atomic mass is 14.9. The van der Waals surface area contributed by atoms with Gasteiger partial charge in [-0.3, -0.25) is 0 Å². The van der Waals surface area contributed by atoms with Gasteiger partial charge in [0.05, 0.1) is 69.3 Å². The molecule has 0 aliphatic heterocycles. The van der Waals surface area contributed by atoms with Crippen LogP contribution in [-0.4, -0.2) is 0 Å². The van der Waals surface area contributed by atoms with Crippen LogP contribution in [0.5, 0.6) is 0 Å². The molecule has 0 spiro atoms. The number of benzene rings is 1. The molecule has 0 aromatic heterocycles. The number of hydrogen-bond acceptors (Lipinski definition) is 4. The fourth-order valence-electron chi connectivity index (χ4n) is 5.05. The van der Waals surface area contributed by atoms with Crippen LogP contribution in [0.3, 0.4) is 0 Å². The molecule has 12 heteroatoms. The summed E-state index contributed by atoms with van der Waals surface area (Å²) in [5, 5.41) is 38.7. The Bertz CT molecular complexity index is 2210. The predicted molar refractivity (Wildman–Crippen MR) is 141 cm³/mol. The van der Waals surface area contributed by atoms with Gasteiger partial charge in [0.25, 0.3) is 11.4 Å². The largest absolute Gasteiger partial charge is 0.506 e. The molecule has 0 N–H and O–H groups in total. The molecule has 0 fully saturated rings. The molecule has 1 aromatic rings. The van der Waals surface area contributed by atoms with Crippen LogP contribution in [0.1, 0.15) is 0 Å². The van der Waals surface area contributed by atoms with Gasteiger partial charge < -0.3 is 0 Å². The molecule has 1 aromatic carbocycles. The van der Waals surface area contributed by atoms with E-state index in [1.807, 2.05) is 12.1 Å². The van der Waals surface area contributed by atoms with E-state index in [0.29, 0.717) is 0 Å². The highest BCUT2D eigenvalue weighted by Gasteiger charge is 2.37. The molecule has 0 saturated carbocycles. The Hall–Kier alpha value is -8.46. The van der Waals surface area contributed by atoms with Crippen molar-refractivity contribution in [2.24, 2.45) is 0 Å². The van der Waals surface area contributed by atoms with Crippen LogP contribution in [0.4, 0.5) is 0 Å². The Morgan fingerprint density at radius 1 is 0.429 bits per heavy atom. The third kappa shape index (κ3) is 2.97. The van der Waals surface area contributed by atoms with Crippen molar-refractivity contribution in [3.05, 3.63) is 157 Å². The molecule has 0 bridgehead atoms. The van der Waals surface area contributed by atoms with Gasteiger partial charge in [-0.05, 0) is 31.3 Å². The normalized spacial score (nSPS) is 15.6. The summed E-state index contributed by atoms with van der Waals surface area (Å²) in [7, 11) is 0. The molecule has 0 radical (unpaired) electrons.